The highest BCUT2D eigenvalue weighted by molar-refractivity contribution is 9.10. The standard InChI is InChI=1S/C11H17BrN2O/c1-2-5-14-7-11(15)8-3-4-9(12)10(13)6-8/h3-4,6,11,14-15H,2,5,7,13H2,1H3. The van der Waals surface area contributed by atoms with Crippen LogP contribution in [0.3, 0.4) is 0 Å². The molecule has 4 heteroatoms. The Hall–Kier alpha value is -0.580. The second-order valence-corrected chi connectivity index (χ2v) is 4.36. The average Bonchev–Trinajstić information content (AvgIpc) is 2.22. The van der Waals surface area contributed by atoms with Gasteiger partial charge >= 0.3 is 0 Å². The summed E-state index contributed by atoms with van der Waals surface area (Å²) in [6.07, 6.45) is 0.571. The molecule has 0 aliphatic carbocycles. The van der Waals surface area contributed by atoms with Crippen molar-refractivity contribution >= 4 is 21.6 Å². The van der Waals surface area contributed by atoms with E-state index < -0.39 is 6.10 Å². The average molecular weight is 273 g/mol. The Balaban J connectivity index is 2.57. The van der Waals surface area contributed by atoms with Crippen LogP contribution in [0, 0.1) is 0 Å². The van der Waals surface area contributed by atoms with E-state index in [4.69, 9.17) is 5.73 Å². The van der Waals surface area contributed by atoms with Gasteiger partial charge in [0, 0.05) is 16.7 Å². The molecule has 0 fully saturated rings. The molecule has 1 unspecified atom stereocenters. The lowest BCUT2D eigenvalue weighted by molar-refractivity contribution is 0.175. The highest BCUT2D eigenvalue weighted by Gasteiger charge is 2.07. The highest BCUT2D eigenvalue weighted by Crippen LogP contribution is 2.23. The monoisotopic (exact) mass is 272 g/mol. The molecule has 0 bridgehead atoms. The van der Waals surface area contributed by atoms with Gasteiger partial charge in [0.05, 0.1) is 6.10 Å². The largest absolute Gasteiger partial charge is 0.398 e. The number of nitrogens with one attached hydrogen (secondary N) is 1. The quantitative estimate of drug-likeness (QED) is 0.568. The van der Waals surface area contributed by atoms with Crippen molar-refractivity contribution in [3.05, 3.63) is 28.2 Å². The lowest BCUT2D eigenvalue weighted by Gasteiger charge is -2.12. The summed E-state index contributed by atoms with van der Waals surface area (Å²) in [5, 5.41) is 13.0. The van der Waals surface area contributed by atoms with Crippen LogP contribution in [0.4, 0.5) is 5.69 Å². The fourth-order valence-corrected chi connectivity index (χ4v) is 1.55. The van der Waals surface area contributed by atoms with Crippen molar-refractivity contribution in [2.75, 3.05) is 18.8 Å². The lowest BCUT2D eigenvalue weighted by Crippen LogP contribution is -2.22. The first kappa shape index (κ1) is 12.5. The molecule has 3 nitrogen and oxygen atoms in total. The third kappa shape index (κ3) is 3.81. The van der Waals surface area contributed by atoms with Gasteiger partial charge in [-0.25, -0.2) is 0 Å². The maximum Gasteiger partial charge on any atom is 0.0915 e. The van der Waals surface area contributed by atoms with Gasteiger partial charge in [-0.2, -0.15) is 0 Å². The number of rotatable bonds is 5. The minimum absolute atomic E-state index is 0.494. The van der Waals surface area contributed by atoms with E-state index in [2.05, 4.69) is 28.2 Å². The van der Waals surface area contributed by atoms with Crippen LogP contribution in [-0.2, 0) is 0 Å². The van der Waals surface area contributed by atoms with E-state index in [9.17, 15) is 5.11 Å². The zero-order valence-corrected chi connectivity index (χ0v) is 10.4. The summed E-state index contributed by atoms with van der Waals surface area (Å²) in [6, 6.07) is 5.52. The molecule has 1 aromatic rings. The highest BCUT2D eigenvalue weighted by atomic mass is 79.9. The third-order valence-corrected chi connectivity index (χ3v) is 2.89. The van der Waals surface area contributed by atoms with Gasteiger partial charge in [-0.05, 0) is 46.6 Å². The van der Waals surface area contributed by atoms with Crippen LogP contribution in [0.25, 0.3) is 0 Å². The molecule has 0 saturated heterocycles. The third-order valence-electron chi connectivity index (χ3n) is 2.17. The summed E-state index contributed by atoms with van der Waals surface area (Å²) < 4.78 is 0.861. The second kappa shape index (κ2) is 6.10. The van der Waals surface area contributed by atoms with E-state index in [0.29, 0.717) is 12.2 Å². The number of aliphatic hydroxyl groups excluding tert-OH is 1. The molecule has 0 aliphatic heterocycles. The van der Waals surface area contributed by atoms with Gasteiger partial charge in [-0.1, -0.05) is 13.0 Å². The van der Waals surface area contributed by atoms with Crippen LogP contribution in [0.5, 0.6) is 0 Å². The van der Waals surface area contributed by atoms with Crippen molar-refractivity contribution in [2.45, 2.75) is 19.4 Å². The van der Waals surface area contributed by atoms with Crippen LogP contribution in [-0.4, -0.2) is 18.2 Å². The second-order valence-electron chi connectivity index (χ2n) is 3.50. The molecular formula is C11H17BrN2O. The van der Waals surface area contributed by atoms with Crippen molar-refractivity contribution in [2.24, 2.45) is 0 Å². The Morgan fingerprint density at radius 2 is 2.27 bits per heavy atom. The number of aliphatic hydroxyl groups is 1. The molecule has 1 rings (SSSR count). The molecule has 0 aromatic heterocycles. The van der Waals surface area contributed by atoms with Crippen molar-refractivity contribution in [3.63, 3.8) is 0 Å². The normalized spacial score (nSPS) is 12.7. The molecule has 4 N–H and O–H groups in total. The van der Waals surface area contributed by atoms with E-state index >= 15 is 0 Å². The van der Waals surface area contributed by atoms with E-state index in [1.807, 2.05) is 12.1 Å². The maximum atomic E-state index is 9.83. The number of hydrogen-bond donors (Lipinski definition) is 3. The van der Waals surface area contributed by atoms with Gasteiger partial charge in [-0.3, -0.25) is 0 Å². The molecular weight excluding hydrogens is 256 g/mol. The van der Waals surface area contributed by atoms with E-state index in [1.54, 1.807) is 6.07 Å². The Bertz CT molecular complexity index is 317. The summed E-state index contributed by atoms with van der Waals surface area (Å²) in [5.74, 6) is 0. The molecule has 0 spiro atoms. The Morgan fingerprint density at radius 1 is 1.53 bits per heavy atom. The van der Waals surface area contributed by atoms with Gasteiger partial charge < -0.3 is 16.2 Å². The molecule has 84 valence electrons. The van der Waals surface area contributed by atoms with Crippen molar-refractivity contribution in [1.82, 2.24) is 5.32 Å². The predicted molar refractivity (Wildman–Crippen MR) is 66.7 cm³/mol. The first-order valence-corrected chi connectivity index (χ1v) is 5.88. The zero-order chi connectivity index (χ0) is 11.3. The summed E-state index contributed by atoms with van der Waals surface area (Å²) >= 11 is 3.32. The summed E-state index contributed by atoms with van der Waals surface area (Å²) in [5.41, 5.74) is 7.24. The first-order valence-electron chi connectivity index (χ1n) is 5.09. The van der Waals surface area contributed by atoms with Crippen molar-refractivity contribution < 1.29 is 5.11 Å². The molecule has 0 amide bonds. The van der Waals surface area contributed by atoms with Crippen LogP contribution in [0.15, 0.2) is 22.7 Å². The van der Waals surface area contributed by atoms with Crippen LogP contribution in [0.2, 0.25) is 0 Å². The van der Waals surface area contributed by atoms with Crippen LogP contribution < -0.4 is 11.1 Å². The van der Waals surface area contributed by atoms with Gasteiger partial charge in [0.15, 0.2) is 0 Å². The molecule has 15 heavy (non-hydrogen) atoms. The fraction of sp³-hybridized carbons (Fsp3) is 0.455. The molecule has 0 heterocycles. The molecule has 0 radical (unpaired) electrons. The number of nitrogen functional groups attached to an aromatic ring is 1. The molecule has 1 atom stereocenters. The smallest absolute Gasteiger partial charge is 0.0915 e. The van der Waals surface area contributed by atoms with E-state index in [0.717, 1.165) is 23.0 Å². The molecule has 0 saturated carbocycles. The van der Waals surface area contributed by atoms with Crippen LogP contribution >= 0.6 is 15.9 Å². The maximum absolute atomic E-state index is 9.83. The van der Waals surface area contributed by atoms with Crippen LogP contribution in [0.1, 0.15) is 25.0 Å². The Labute approximate surface area is 98.8 Å². The predicted octanol–water partition coefficient (Wildman–Crippen LogP) is 2.06. The number of hydrogen-bond acceptors (Lipinski definition) is 3. The fourth-order valence-electron chi connectivity index (χ4n) is 1.30. The number of benzene rings is 1. The number of anilines is 1. The first-order chi connectivity index (χ1) is 7.15. The zero-order valence-electron chi connectivity index (χ0n) is 8.83. The SMILES string of the molecule is CCCNCC(O)c1ccc(Br)c(N)c1. The van der Waals surface area contributed by atoms with Crippen molar-refractivity contribution in [3.8, 4) is 0 Å². The van der Waals surface area contributed by atoms with Gasteiger partial charge in [0.25, 0.3) is 0 Å². The Morgan fingerprint density at radius 3 is 2.87 bits per heavy atom. The lowest BCUT2D eigenvalue weighted by atomic mass is 10.1. The Kier molecular flexibility index (Phi) is 5.08. The minimum atomic E-state index is -0.494. The topological polar surface area (TPSA) is 58.3 Å². The van der Waals surface area contributed by atoms with Gasteiger partial charge in [-0.15, -0.1) is 0 Å². The summed E-state index contributed by atoms with van der Waals surface area (Å²) in [7, 11) is 0. The van der Waals surface area contributed by atoms with E-state index in [1.165, 1.54) is 0 Å². The summed E-state index contributed by atoms with van der Waals surface area (Å²) in [6.45, 7) is 3.58. The van der Waals surface area contributed by atoms with Crippen molar-refractivity contribution in [1.29, 1.82) is 0 Å². The molecule has 1 aromatic carbocycles. The molecule has 0 aliphatic rings. The number of halogens is 1. The summed E-state index contributed by atoms with van der Waals surface area (Å²) in [4.78, 5) is 0. The minimum Gasteiger partial charge on any atom is -0.398 e. The van der Waals surface area contributed by atoms with Gasteiger partial charge in [0.1, 0.15) is 0 Å². The van der Waals surface area contributed by atoms with E-state index in [-0.39, 0.29) is 0 Å². The van der Waals surface area contributed by atoms with Gasteiger partial charge in [0.2, 0.25) is 0 Å². The number of nitrogens with two attached hydrogens (primary N) is 1.